The molecule has 0 bridgehead atoms. The molecule has 1 heterocycles. The van der Waals surface area contributed by atoms with Gasteiger partial charge in [0.25, 0.3) is 0 Å². The Bertz CT molecular complexity index is 270. The van der Waals surface area contributed by atoms with Gasteiger partial charge in [-0.15, -0.1) is 6.42 Å². The standard InChI is InChI=1S/C8H8BNO2/c1-2-6-12-9(11)8-4-3-5-10-7-8/h1,3-5,7,11H,6H2. The Labute approximate surface area is 71.5 Å². The number of aromatic nitrogens is 1. The maximum Gasteiger partial charge on any atom is 0.493 e. The number of hydrogen-bond donors (Lipinski definition) is 1. The zero-order chi connectivity index (χ0) is 8.81. The second kappa shape index (κ2) is 4.55. The molecular weight excluding hydrogens is 153 g/mol. The molecular formula is C8H8BNO2. The van der Waals surface area contributed by atoms with Crippen molar-refractivity contribution >= 4 is 12.6 Å². The molecule has 1 aromatic rings. The molecule has 1 rings (SSSR count). The average Bonchev–Trinajstić information content (AvgIpc) is 2.15. The summed E-state index contributed by atoms with van der Waals surface area (Å²) >= 11 is 0. The van der Waals surface area contributed by atoms with Crippen molar-refractivity contribution in [3.05, 3.63) is 24.5 Å². The number of terminal acetylenes is 1. The van der Waals surface area contributed by atoms with Crippen LogP contribution in [0.25, 0.3) is 0 Å². The first kappa shape index (κ1) is 8.79. The van der Waals surface area contributed by atoms with Crippen LogP contribution in [0.3, 0.4) is 0 Å². The molecule has 60 valence electrons. The van der Waals surface area contributed by atoms with E-state index in [1.807, 2.05) is 0 Å². The quantitative estimate of drug-likeness (QED) is 0.476. The van der Waals surface area contributed by atoms with Gasteiger partial charge >= 0.3 is 7.12 Å². The van der Waals surface area contributed by atoms with Crippen LogP contribution in [0.1, 0.15) is 0 Å². The minimum Gasteiger partial charge on any atom is -0.423 e. The number of hydrogen-bond acceptors (Lipinski definition) is 3. The molecule has 0 amide bonds. The van der Waals surface area contributed by atoms with Crippen molar-refractivity contribution < 1.29 is 9.68 Å². The Morgan fingerprint density at radius 1 is 1.75 bits per heavy atom. The molecule has 0 atom stereocenters. The lowest BCUT2D eigenvalue weighted by molar-refractivity contribution is 0.309. The summed E-state index contributed by atoms with van der Waals surface area (Å²) in [5, 5.41) is 9.29. The molecule has 1 aromatic heterocycles. The van der Waals surface area contributed by atoms with E-state index in [-0.39, 0.29) is 6.61 Å². The molecule has 0 saturated heterocycles. The van der Waals surface area contributed by atoms with E-state index in [1.54, 1.807) is 18.3 Å². The van der Waals surface area contributed by atoms with Crippen molar-refractivity contribution in [1.82, 2.24) is 4.98 Å². The number of rotatable bonds is 3. The monoisotopic (exact) mass is 161 g/mol. The van der Waals surface area contributed by atoms with Gasteiger partial charge in [-0.25, -0.2) is 0 Å². The number of pyridine rings is 1. The summed E-state index contributed by atoms with van der Waals surface area (Å²) in [5.41, 5.74) is 0.604. The van der Waals surface area contributed by atoms with E-state index in [0.29, 0.717) is 5.46 Å². The molecule has 3 nitrogen and oxygen atoms in total. The lowest BCUT2D eigenvalue weighted by Gasteiger charge is -2.03. The predicted octanol–water partition coefficient (Wildman–Crippen LogP) is -0.581. The molecule has 0 aliphatic carbocycles. The van der Waals surface area contributed by atoms with E-state index in [2.05, 4.69) is 10.9 Å². The first-order chi connectivity index (χ1) is 5.84. The second-order valence-electron chi connectivity index (χ2n) is 2.15. The molecule has 0 aromatic carbocycles. The van der Waals surface area contributed by atoms with Crippen molar-refractivity contribution in [3.8, 4) is 12.3 Å². The van der Waals surface area contributed by atoms with Gasteiger partial charge < -0.3 is 9.68 Å². The van der Waals surface area contributed by atoms with Gasteiger partial charge in [-0.05, 0) is 6.07 Å². The third-order valence-electron chi connectivity index (χ3n) is 1.29. The highest BCUT2D eigenvalue weighted by atomic mass is 16.5. The molecule has 0 fully saturated rings. The first-order valence-corrected chi connectivity index (χ1v) is 3.47. The Balaban J connectivity index is 2.55. The van der Waals surface area contributed by atoms with E-state index in [9.17, 15) is 5.02 Å². The van der Waals surface area contributed by atoms with Gasteiger partial charge in [0.2, 0.25) is 0 Å². The Kier molecular flexibility index (Phi) is 3.33. The van der Waals surface area contributed by atoms with E-state index >= 15 is 0 Å². The molecule has 1 N–H and O–H groups in total. The summed E-state index contributed by atoms with van der Waals surface area (Å²) in [4.78, 5) is 3.82. The summed E-state index contributed by atoms with van der Waals surface area (Å²) in [6, 6.07) is 3.44. The van der Waals surface area contributed by atoms with Crippen molar-refractivity contribution in [3.63, 3.8) is 0 Å². The van der Waals surface area contributed by atoms with Gasteiger partial charge in [0.05, 0.1) is 6.61 Å². The fourth-order valence-corrected chi connectivity index (χ4v) is 0.745. The third-order valence-corrected chi connectivity index (χ3v) is 1.29. The maximum absolute atomic E-state index is 9.29. The van der Waals surface area contributed by atoms with Gasteiger partial charge in [0.15, 0.2) is 0 Å². The van der Waals surface area contributed by atoms with Crippen LogP contribution in [0.15, 0.2) is 24.5 Å². The molecule has 0 spiro atoms. The predicted molar refractivity (Wildman–Crippen MR) is 46.6 cm³/mol. The van der Waals surface area contributed by atoms with Crippen molar-refractivity contribution in [1.29, 1.82) is 0 Å². The lowest BCUT2D eigenvalue weighted by Crippen LogP contribution is -2.33. The average molecular weight is 161 g/mol. The fourth-order valence-electron chi connectivity index (χ4n) is 0.745. The van der Waals surface area contributed by atoms with Crippen LogP contribution in [0.4, 0.5) is 0 Å². The molecule has 0 radical (unpaired) electrons. The summed E-state index contributed by atoms with van der Waals surface area (Å²) < 4.78 is 4.86. The topological polar surface area (TPSA) is 42.4 Å². The first-order valence-electron chi connectivity index (χ1n) is 3.47. The Morgan fingerprint density at radius 3 is 3.17 bits per heavy atom. The largest absolute Gasteiger partial charge is 0.493 e. The Hall–Kier alpha value is -1.31. The van der Waals surface area contributed by atoms with Gasteiger partial charge in [-0.2, -0.15) is 0 Å². The molecule has 0 saturated carbocycles. The molecule has 12 heavy (non-hydrogen) atoms. The van der Waals surface area contributed by atoms with Crippen molar-refractivity contribution in [2.75, 3.05) is 6.61 Å². The summed E-state index contributed by atoms with van der Waals surface area (Å²) in [7, 11) is -0.977. The smallest absolute Gasteiger partial charge is 0.423 e. The Morgan fingerprint density at radius 2 is 2.58 bits per heavy atom. The van der Waals surface area contributed by atoms with E-state index in [4.69, 9.17) is 11.1 Å². The molecule has 0 aliphatic heterocycles. The van der Waals surface area contributed by atoms with Gasteiger partial charge in [-0.1, -0.05) is 12.0 Å². The highest BCUT2D eigenvalue weighted by molar-refractivity contribution is 6.59. The van der Waals surface area contributed by atoms with E-state index in [1.165, 1.54) is 6.20 Å². The van der Waals surface area contributed by atoms with Gasteiger partial charge in [0, 0.05) is 17.9 Å². The highest BCUT2D eigenvalue weighted by Gasteiger charge is 2.14. The van der Waals surface area contributed by atoms with Gasteiger partial charge in [-0.3, -0.25) is 4.98 Å². The van der Waals surface area contributed by atoms with Crippen LogP contribution in [-0.4, -0.2) is 23.7 Å². The van der Waals surface area contributed by atoms with Crippen LogP contribution in [0, 0.1) is 12.3 Å². The van der Waals surface area contributed by atoms with Crippen LogP contribution < -0.4 is 5.46 Å². The van der Waals surface area contributed by atoms with Gasteiger partial charge in [0.1, 0.15) is 0 Å². The maximum atomic E-state index is 9.29. The molecule has 0 aliphatic rings. The lowest BCUT2D eigenvalue weighted by atomic mass is 9.81. The zero-order valence-corrected chi connectivity index (χ0v) is 6.47. The number of nitrogens with zero attached hydrogens (tertiary/aromatic N) is 1. The molecule has 4 heteroatoms. The fraction of sp³-hybridized carbons (Fsp3) is 0.125. The van der Waals surface area contributed by atoms with Crippen LogP contribution >= 0.6 is 0 Å². The van der Waals surface area contributed by atoms with Crippen LogP contribution in [0.5, 0.6) is 0 Å². The van der Waals surface area contributed by atoms with E-state index < -0.39 is 7.12 Å². The minimum atomic E-state index is -0.977. The second-order valence-corrected chi connectivity index (χ2v) is 2.15. The highest BCUT2D eigenvalue weighted by Crippen LogP contribution is 1.84. The van der Waals surface area contributed by atoms with Crippen LogP contribution in [-0.2, 0) is 4.65 Å². The third kappa shape index (κ3) is 2.38. The normalized spacial score (nSPS) is 9.00. The van der Waals surface area contributed by atoms with Crippen LogP contribution in [0.2, 0.25) is 0 Å². The van der Waals surface area contributed by atoms with Crippen molar-refractivity contribution in [2.45, 2.75) is 0 Å². The summed E-state index contributed by atoms with van der Waals surface area (Å²) in [6.45, 7) is 0.0933. The minimum absolute atomic E-state index is 0.0933. The van der Waals surface area contributed by atoms with Crippen molar-refractivity contribution in [2.24, 2.45) is 0 Å². The molecule has 0 unspecified atom stereocenters. The van der Waals surface area contributed by atoms with E-state index in [0.717, 1.165) is 0 Å². The summed E-state index contributed by atoms with van der Waals surface area (Å²) in [5.74, 6) is 2.27. The SMILES string of the molecule is C#CCOB(O)c1cccnc1. The summed E-state index contributed by atoms with van der Waals surface area (Å²) in [6.07, 6.45) is 8.10. The zero-order valence-electron chi connectivity index (χ0n) is 6.47.